The molecule has 0 aliphatic heterocycles. The highest BCUT2D eigenvalue weighted by Crippen LogP contribution is 2.28. The van der Waals surface area contributed by atoms with Crippen LogP contribution in [0.2, 0.25) is 0 Å². The van der Waals surface area contributed by atoms with E-state index in [-0.39, 0.29) is 18.0 Å². The molecule has 4 rings (SSSR count). The number of fused-ring (bicyclic) bond motifs is 1. The Labute approximate surface area is 144 Å². The van der Waals surface area contributed by atoms with Crippen molar-refractivity contribution in [3.63, 3.8) is 0 Å². The lowest BCUT2D eigenvalue weighted by Crippen LogP contribution is -2.14. The number of thiazole rings is 1. The van der Waals surface area contributed by atoms with Crippen molar-refractivity contribution in [3.8, 4) is 9.88 Å². The number of hydrogen-bond acceptors (Lipinski definition) is 5. The van der Waals surface area contributed by atoms with Gasteiger partial charge in [-0.25, -0.2) is 9.78 Å². The molecule has 3 N–H and O–H groups in total. The Morgan fingerprint density at radius 1 is 1.17 bits per heavy atom. The minimum absolute atomic E-state index is 0.143. The van der Waals surface area contributed by atoms with Crippen LogP contribution in [0.25, 0.3) is 20.9 Å². The number of nitrogens with one attached hydrogen (secondary N) is 3. The van der Waals surface area contributed by atoms with Crippen molar-refractivity contribution in [2.24, 2.45) is 0 Å². The van der Waals surface area contributed by atoms with E-state index >= 15 is 0 Å². The van der Waals surface area contributed by atoms with Gasteiger partial charge in [0.2, 0.25) is 5.91 Å². The first-order valence-electron chi connectivity index (χ1n) is 7.17. The van der Waals surface area contributed by atoms with E-state index in [1.165, 1.54) is 11.3 Å². The maximum Gasteiger partial charge on any atom is 0.323 e. The van der Waals surface area contributed by atoms with E-state index < -0.39 is 0 Å². The van der Waals surface area contributed by atoms with Gasteiger partial charge in [0.15, 0.2) is 0 Å². The van der Waals surface area contributed by atoms with Crippen LogP contribution in [0.4, 0.5) is 5.69 Å². The molecule has 6 nitrogen and oxygen atoms in total. The Bertz CT molecular complexity index is 1060. The molecule has 3 heterocycles. The minimum atomic E-state index is -0.267. The van der Waals surface area contributed by atoms with E-state index in [9.17, 15) is 9.59 Å². The lowest BCUT2D eigenvalue weighted by molar-refractivity contribution is -0.115. The van der Waals surface area contributed by atoms with Crippen molar-refractivity contribution >= 4 is 45.3 Å². The summed E-state index contributed by atoms with van der Waals surface area (Å²) in [6, 6.07) is 9.22. The van der Waals surface area contributed by atoms with Crippen molar-refractivity contribution < 1.29 is 4.79 Å². The smallest absolute Gasteiger partial charge is 0.323 e. The highest BCUT2D eigenvalue weighted by molar-refractivity contribution is 7.20. The van der Waals surface area contributed by atoms with Gasteiger partial charge >= 0.3 is 5.69 Å². The topological polar surface area (TPSA) is 90.6 Å². The van der Waals surface area contributed by atoms with Gasteiger partial charge in [0.05, 0.1) is 28.0 Å². The maximum atomic E-state index is 12.2. The van der Waals surface area contributed by atoms with Gasteiger partial charge in [-0.05, 0) is 29.6 Å². The number of carbonyl (C=O) groups excluding carboxylic acids is 1. The molecule has 0 fully saturated rings. The van der Waals surface area contributed by atoms with E-state index in [4.69, 9.17) is 0 Å². The number of anilines is 1. The normalized spacial score (nSPS) is 11.0. The molecule has 0 radical (unpaired) electrons. The van der Waals surface area contributed by atoms with Crippen LogP contribution in [0.1, 0.15) is 5.69 Å². The molecular weight excluding hydrogens is 344 g/mol. The minimum Gasteiger partial charge on any atom is -0.326 e. The molecule has 0 spiro atoms. The number of hydrogen-bond donors (Lipinski definition) is 3. The van der Waals surface area contributed by atoms with Gasteiger partial charge < -0.3 is 15.3 Å². The van der Waals surface area contributed by atoms with Gasteiger partial charge in [-0.3, -0.25) is 4.79 Å². The van der Waals surface area contributed by atoms with E-state index in [0.717, 1.165) is 15.6 Å². The van der Waals surface area contributed by atoms with Gasteiger partial charge in [0.25, 0.3) is 0 Å². The van der Waals surface area contributed by atoms with Crippen LogP contribution in [-0.4, -0.2) is 20.9 Å². The lowest BCUT2D eigenvalue weighted by Gasteiger charge is -2.03. The van der Waals surface area contributed by atoms with Gasteiger partial charge in [-0.1, -0.05) is 6.07 Å². The van der Waals surface area contributed by atoms with Crippen LogP contribution < -0.4 is 11.0 Å². The van der Waals surface area contributed by atoms with Gasteiger partial charge in [-0.15, -0.1) is 22.7 Å². The summed E-state index contributed by atoms with van der Waals surface area (Å²) in [4.78, 5) is 34.4. The van der Waals surface area contributed by atoms with Crippen LogP contribution >= 0.6 is 22.7 Å². The zero-order chi connectivity index (χ0) is 16.5. The molecule has 0 aliphatic rings. The number of benzene rings is 1. The first-order valence-corrected chi connectivity index (χ1v) is 8.93. The molecule has 1 aromatic carbocycles. The van der Waals surface area contributed by atoms with E-state index in [0.29, 0.717) is 16.7 Å². The number of carbonyl (C=O) groups is 1. The average molecular weight is 356 g/mol. The third kappa shape index (κ3) is 3.01. The first kappa shape index (κ1) is 14.9. The number of rotatable bonds is 4. The van der Waals surface area contributed by atoms with Crippen molar-refractivity contribution in [1.82, 2.24) is 15.0 Å². The Morgan fingerprint density at radius 3 is 2.88 bits per heavy atom. The molecule has 24 heavy (non-hydrogen) atoms. The fourth-order valence-electron chi connectivity index (χ4n) is 2.38. The van der Waals surface area contributed by atoms with Crippen LogP contribution in [0, 0.1) is 0 Å². The number of imidazole rings is 1. The molecule has 0 saturated carbocycles. The van der Waals surface area contributed by atoms with E-state index in [1.807, 2.05) is 22.9 Å². The van der Waals surface area contributed by atoms with E-state index in [1.54, 1.807) is 29.5 Å². The van der Waals surface area contributed by atoms with Crippen molar-refractivity contribution in [3.05, 3.63) is 57.3 Å². The van der Waals surface area contributed by atoms with Gasteiger partial charge in [0.1, 0.15) is 5.01 Å². The highest BCUT2D eigenvalue weighted by atomic mass is 32.1. The Hall–Kier alpha value is -2.71. The second-order valence-electron chi connectivity index (χ2n) is 5.19. The molecule has 4 aromatic rings. The molecule has 120 valence electrons. The summed E-state index contributed by atoms with van der Waals surface area (Å²) in [6.45, 7) is 0. The highest BCUT2D eigenvalue weighted by Gasteiger charge is 2.10. The third-order valence-electron chi connectivity index (χ3n) is 3.43. The predicted molar refractivity (Wildman–Crippen MR) is 96.7 cm³/mol. The van der Waals surface area contributed by atoms with Crippen molar-refractivity contribution in [2.45, 2.75) is 6.42 Å². The summed E-state index contributed by atoms with van der Waals surface area (Å²) >= 11 is 3.16. The summed E-state index contributed by atoms with van der Waals surface area (Å²) in [5.41, 5.74) is 2.48. The zero-order valence-corrected chi connectivity index (χ0v) is 14.0. The van der Waals surface area contributed by atoms with Crippen LogP contribution in [0.15, 0.2) is 45.9 Å². The number of amides is 1. The van der Waals surface area contributed by atoms with Gasteiger partial charge in [-0.2, -0.15) is 0 Å². The standard InChI is InChI=1S/C16H12N4O2S2/c21-14(7-10-8-24-15(18-10)13-2-1-5-23-13)17-9-3-4-11-12(6-9)20-16(22)19-11/h1-6,8H,7H2,(H,17,21)(H2,19,20,22). The summed E-state index contributed by atoms with van der Waals surface area (Å²) in [7, 11) is 0. The van der Waals surface area contributed by atoms with Crippen LogP contribution in [0.5, 0.6) is 0 Å². The van der Waals surface area contributed by atoms with Crippen molar-refractivity contribution in [1.29, 1.82) is 0 Å². The molecule has 0 saturated heterocycles. The molecule has 8 heteroatoms. The van der Waals surface area contributed by atoms with Gasteiger partial charge in [0, 0.05) is 11.1 Å². The maximum absolute atomic E-state index is 12.2. The number of nitrogens with zero attached hydrogens (tertiary/aromatic N) is 1. The second-order valence-corrected chi connectivity index (χ2v) is 6.99. The number of H-pyrrole nitrogens is 2. The van der Waals surface area contributed by atoms with E-state index in [2.05, 4.69) is 20.3 Å². The fourth-order valence-corrected chi connectivity index (χ4v) is 4.02. The monoisotopic (exact) mass is 356 g/mol. The summed E-state index contributed by atoms with van der Waals surface area (Å²) in [5, 5.41) is 7.67. The predicted octanol–water partition coefficient (Wildman–Crippen LogP) is 3.22. The molecule has 3 aromatic heterocycles. The number of aromatic amines is 2. The summed E-state index contributed by atoms with van der Waals surface area (Å²) in [5.74, 6) is -0.143. The molecule has 0 unspecified atom stereocenters. The Balaban J connectivity index is 1.46. The van der Waals surface area contributed by atoms with Crippen LogP contribution in [0.3, 0.4) is 0 Å². The largest absolute Gasteiger partial charge is 0.326 e. The Kier molecular flexibility index (Phi) is 3.75. The second kappa shape index (κ2) is 6.06. The quantitative estimate of drug-likeness (QED) is 0.524. The summed E-state index contributed by atoms with van der Waals surface area (Å²) in [6.07, 6.45) is 0.212. The molecule has 0 atom stereocenters. The number of thiophene rings is 1. The molecule has 0 aliphatic carbocycles. The Morgan fingerprint density at radius 2 is 2.04 bits per heavy atom. The molecular formula is C16H12N4O2S2. The zero-order valence-electron chi connectivity index (χ0n) is 12.3. The van der Waals surface area contributed by atoms with Crippen LogP contribution in [-0.2, 0) is 11.2 Å². The first-order chi connectivity index (χ1) is 11.7. The number of aromatic nitrogens is 3. The summed E-state index contributed by atoms with van der Waals surface area (Å²) < 4.78 is 0. The fraction of sp³-hybridized carbons (Fsp3) is 0.0625. The lowest BCUT2D eigenvalue weighted by atomic mass is 10.2. The SMILES string of the molecule is O=C(Cc1csc(-c2cccs2)n1)Nc1ccc2[nH]c(=O)[nH]c2c1. The van der Waals surface area contributed by atoms with Crippen molar-refractivity contribution in [2.75, 3.05) is 5.32 Å². The molecule has 1 amide bonds. The molecule has 0 bridgehead atoms. The average Bonchev–Trinajstić information content (AvgIpc) is 3.25. The third-order valence-corrected chi connectivity index (χ3v) is 5.36.